The second kappa shape index (κ2) is 5.26. The van der Waals surface area contributed by atoms with Crippen LogP contribution in [-0.2, 0) is 0 Å². The lowest BCUT2D eigenvalue weighted by molar-refractivity contribution is 1.10. The van der Waals surface area contributed by atoms with Crippen LogP contribution < -0.4 is 5.32 Å². The summed E-state index contributed by atoms with van der Waals surface area (Å²) in [6.45, 7) is 13.1. The third-order valence-corrected chi connectivity index (χ3v) is 1.92. The van der Waals surface area contributed by atoms with E-state index >= 15 is 0 Å². The van der Waals surface area contributed by atoms with Crippen molar-refractivity contribution in [2.45, 2.75) is 20.8 Å². The van der Waals surface area contributed by atoms with E-state index in [0.717, 1.165) is 11.4 Å². The molecule has 0 aliphatic heterocycles. The monoisotopic (exact) mass is 215 g/mol. The Morgan fingerprint density at radius 2 is 1.75 bits per heavy atom. The zero-order valence-corrected chi connectivity index (χ0v) is 10.0. The molecule has 1 aromatic rings. The van der Waals surface area contributed by atoms with Gasteiger partial charge >= 0.3 is 0 Å². The largest absolute Gasteiger partial charge is 0.329 e. The Balaban J connectivity index is 3.03. The van der Waals surface area contributed by atoms with Gasteiger partial charge in [0.05, 0.1) is 5.69 Å². The minimum Gasteiger partial charge on any atom is -0.329 e. The molecule has 0 aliphatic carbocycles. The second-order valence-corrected chi connectivity index (χ2v) is 3.84. The van der Waals surface area contributed by atoms with Gasteiger partial charge in [-0.1, -0.05) is 12.6 Å². The van der Waals surface area contributed by atoms with Gasteiger partial charge in [-0.15, -0.1) is 0 Å². The van der Waals surface area contributed by atoms with Crippen LogP contribution in [0.5, 0.6) is 0 Å². The summed E-state index contributed by atoms with van der Waals surface area (Å²) in [5, 5.41) is 2.94. The van der Waals surface area contributed by atoms with Crippen molar-refractivity contribution in [3.05, 3.63) is 41.6 Å². The molecule has 1 aromatic carbocycles. The van der Waals surface area contributed by atoms with E-state index in [2.05, 4.69) is 34.7 Å². The minimum absolute atomic E-state index is 0.470. The molecule has 84 valence electrons. The average molecular weight is 215 g/mol. The highest BCUT2D eigenvalue weighted by Gasteiger charge is 1.97. The lowest BCUT2D eigenvalue weighted by atomic mass is 10.1. The zero-order valence-electron chi connectivity index (χ0n) is 10.0. The maximum atomic E-state index is 4.35. The first-order chi connectivity index (χ1) is 7.51. The molecule has 16 heavy (non-hydrogen) atoms. The van der Waals surface area contributed by atoms with E-state index in [9.17, 15) is 0 Å². The summed E-state index contributed by atoms with van der Waals surface area (Å²) in [5.74, 6) is 0.470. The lowest BCUT2D eigenvalue weighted by Gasteiger charge is -2.05. The number of rotatable bonds is 2. The van der Waals surface area contributed by atoms with Crippen LogP contribution >= 0.6 is 0 Å². The van der Waals surface area contributed by atoms with E-state index in [1.54, 1.807) is 0 Å². The van der Waals surface area contributed by atoms with Crippen LogP contribution in [0, 0.1) is 13.8 Å². The highest BCUT2D eigenvalue weighted by Crippen LogP contribution is 2.17. The van der Waals surface area contributed by atoms with Crippen LogP contribution in [0.25, 0.3) is 0 Å². The van der Waals surface area contributed by atoms with E-state index in [4.69, 9.17) is 0 Å². The highest BCUT2D eigenvalue weighted by molar-refractivity contribution is 5.87. The number of allylic oxidation sites excluding steroid dienone is 1. The second-order valence-electron chi connectivity index (χ2n) is 3.84. The molecule has 0 heterocycles. The molecule has 0 aromatic heterocycles. The molecule has 0 aliphatic rings. The molecule has 1 rings (SSSR count). The first-order valence-electron chi connectivity index (χ1n) is 5.07. The van der Waals surface area contributed by atoms with Crippen molar-refractivity contribution in [1.82, 2.24) is 5.32 Å². The number of nitrogens with zero attached hydrogens (tertiary/aromatic N) is 2. The summed E-state index contributed by atoms with van der Waals surface area (Å²) in [4.78, 5) is 8.17. The average Bonchev–Trinajstić information content (AvgIpc) is 2.14. The molecule has 0 fully saturated rings. The fourth-order valence-corrected chi connectivity index (χ4v) is 1.43. The molecule has 0 bridgehead atoms. The molecule has 0 unspecified atom stereocenters. The molecule has 0 amide bonds. The normalized spacial score (nSPS) is 11.1. The quantitative estimate of drug-likeness (QED) is 0.597. The van der Waals surface area contributed by atoms with Gasteiger partial charge in [0.25, 0.3) is 0 Å². The molecule has 0 saturated carbocycles. The van der Waals surface area contributed by atoms with Gasteiger partial charge in [-0.2, -0.15) is 0 Å². The van der Waals surface area contributed by atoms with E-state index in [0.29, 0.717) is 5.96 Å². The molecule has 3 heteroatoms. The Bertz CT molecular complexity index is 424. The van der Waals surface area contributed by atoms with Crippen LogP contribution in [0.2, 0.25) is 0 Å². The Kier molecular flexibility index (Phi) is 4.00. The summed E-state index contributed by atoms with van der Waals surface area (Å²) in [7, 11) is 0. The van der Waals surface area contributed by atoms with Gasteiger partial charge in [0, 0.05) is 5.70 Å². The molecular weight excluding hydrogens is 198 g/mol. The Labute approximate surface area is 96.6 Å². The smallest absolute Gasteiger partial charge is 0.226 e. The number of nitrogens with one attached hydrogen (secondary N) is 1. The van der Waals surface area contributed by atoms with Gasteiger partial charge in [-0.05, 0) is 50.7 Å². The molecule has 1 N–H and O–H groups in total. The fraction of sp³-hybridized carbons (Fsp3) is 0.231. The third kappa shape index (κ3) is 3.69. The van der Waals surface area contributed by atoms with Gasteiger partial charge < -0.3 is 5.32 Å². The first kappa shape index (κ1) is 12.2. The van der Waals surface area contributed by atoms with Crippen molar-refractivity contribution < 1.29 is 0 Å². The first-order valence-corrected chi connectivity index (χ1v) is 5.07. The van der Waals surface area contributed by atoms with Gasteiger partial charge in [-0.3, -0.25) is 0 Å². The molecular formula is C13H17N3. The summed E-state index contributed by atoms with van der Waals surface area (Å²) >= 11 is 0. The topological polar surface area (TPSA) is 36.8 Å². The van der Waals surface area contributed by atoms with Crippen molar-refractivity contribution in [2.24, 2.45) is 9.98 Å². The Morgan fingerprint density at radius 3 is 2.19 bits per heavy atom. The number of aryl methyl sites for hydroxylation is 2. The predicted molar refractivity (Wildman–Crippen MR) is 70.5 cm³/mol. The van der Waals surface area contributed by atoms with Crippen LogP contribution in [-0.4, -0.2) is 12.7 Å². The Hall–Kier alpha value is -1.90. The maximum Gasteiger partial charge on any atom is 0.226 e. The van der Waals surface area contributed by atoms with Crippen molar-refractivity contribution in [3.8, 4) is 0 Å². The van der Waals surface area contributed by atoms with Crippen molar-refractivity contribution in [1.29, 1.82) is 0 Å². The number of aliphatic imine (C=N–C) groups is 2. The van der Waals surface area contributed by atoms with Gasteiger partial charge in [-0.25, -0.2) is 9.98 Å². The lowest BCUT2D eigenvalue weighted by Crippen LogP contribution is -2.17. The van der Waals surface area contributed by atoms with Crippen LogP contribution in [0.4, 0.5) is 5.69 Å². The molecule has 3 nitrogen and oxygen atoms in total. The van der Waals surface area contributed by atoms with E-state index < -0.39 is 0 Å². The van der Waals surface area contributed by atoms with Crippen molar-refractivity contribution in [3.63, 3.8) is 0 Å². The molecule has 0 radical (unpaired) electrons. The molecule has 0 saturated heterocycles. The standard InChI is InChI=1S/C13H17N3/c1-9(2)15-13(14-5)16-12-7-10(3)6-11(4)8-12/h6-8H,1,5H2,2-4H3,(H,15,16). The third-order valence-electron chi connectivity index (χ3n) is 1.92. The van der Waals surface area contributed by atoms with Crippen molar-refractivity contribution in [2.75, 3.05) is 0 Å². The SMILES string of the molecule is C=NC(=Nc1cc(C)cc(C)c1)NC(=C)C. The van der Waals surface area contributed by atoms with Crippen LogP contribution in [0.1, 0.15) is 18.1 Å². The number of hydrogen-bond donors (Lipinski definition) is 1. The van der Waals surface area contributed by atoms with E-state index in [1.807, 2.05) is 32.9 Å². The molecule has 0 spiro atoms. The van der Waals surface area contributed by atoms with Crippen LogP contribution in [0.15, 0.2) is 40.5 Å². The predicted octanol–water partition coefficient (Wildman–Crippen LogP) is 3.11. The Morgan fingerprint density at radius 1 is 1.19 bits per heavy atom. The fourth-order valence-electron chi connectivity index (χ4n) is 1.43. The van der Waals surface area contributed by atoms with Gasteiger partial charge in [0.1, 0.15) is 0 Å². The zero-order chi connectivity index (χ0) is 12.1. The number of hydrogen-bond acceptors (Lipinski definition) is 1. The maximum absolute atomic E-state index is 4.35. The van der Waals surface area contributed by atoms with Gasteiger partial charge in [0.15, 0.2) is 0 Å². The summed E-state index contributed by atoms with van der Waals surface area (Å²) in [6, 6.07) is 6.10. The number of benzene rings is 1. The van der Waals surface area contributed by atoms with E-state index in [1.165, 1.54) is 11.1 Å². The highest BCUT2D eigenvalue weighted by atomic mass is 15.1. The molecule has 0 atom stereocenters. The number of guanidine groups is 1. The minimum atomic E-state index is 0.470. The summed E-state index contributed by atoms with van der Waals surface area (Å²) in [6.07, 6.45) is 0. The summed E-state index contributed by atoms with van der Waals surface area (Å²) in [5.41, 5.74) is 4.01. The summed E-state index contributed by atoms with van der Waals surface area (Å²) < 4.78 is 0. The van der Waals surface area contributed by atoms with E-state index in [-0.39, 0.29) is 0 Å². The van der Waals surface area contributed by atoms with Crippen LogP contribution in [0.3, 0.4) is 0 Å². The van der Waals surface area contributed by atoms with Crippen molar-refractivity contribution >= 4 is 18.4 Å². The van der Waals surface area contributed by atoms with Gasteiger partial charge in [0.2, 0.25) is 5.96 Å².